The Morgan fingerprint density at radius 1 is 1.32 bits per heavy atom. The Morgan fingerprint density at radius 2 is 2.00 bits per heavy atom. The number of nitrogens with zero attached hydrogens (tertiary/aromatic N) is 1. The topological polar surface area (TPSA) is 102 Å². The lowest BCUT2D eigenvalue weighted by Crippen LogP contribution is -2.71. The molecule has 6 atom stereocenters. The summed E-state index contributed by atoms with van der Waals surface area (Å²) in [5.74, 6) is -0.0245. The van der Waals surface area contributed by atoms with Crippen LogP contribution in [0, 0.1) is 6.92 Å². The molecule has 2 heterocycles. The molecule has 3 N–H and O–H groups in total. The third-order valence-electron chi connectivity index (χ3n) is 7.87. The SMILES string of the molecule is CC.Cc1cccc2c1C13CCN(C)C(C)C1(O)CC=C(CC(=O)C(C)OC(=O)[C@H](C)N)C3O2. The minimum absolute atomic E-state index is 0.0765. The molecule has 1 aromatic carbocycles. The number of carbonyl (C=O) groups is 2. The van der Waals surface area contributed by atoms with Crippen molar-refractivity contribution in [1.29, 1.82) is 0 Å². The summed E-state index contributed by atoms with van der Waals surface area (Å²) in [6.45, 7) is 12.0. The van der Waals surface area contributed by atoms with E-state index in [1.165, 1.54) is 6.92 Å². The monoisotopic (exact) mass is 472 g/mol. The van der Waals surface area contributed by atoms with E-state index in [-0.39, 0.29) is 18.2 Å². The van der Waals surface area contributed by atoms with Gasteiger partial charge in [0.1, 0.15) is 17.9 Å². The van der Waals surface area contributed by atoms with Crippen LogP contribution in [-0.4, -0.2) is 65.2 Å². The van der Waals surface area contributed by atoms with Crippen molar-refractivity contribution in [2.45, 2.75) is 96.1 Å². The van der Waals surface area contributed by atoms with Gasteiger partial charge in [-0.15, -0.1) is 0 Å². The molecule has 1 fully saturated rings. The van der Waals surface area contributed by atoms with Crippen molar-refractivity contribution in [2.75, 3.05) is 13.6 Å². The van der Waals surface area contributed by atoms with Gasteiger partial charge in [-0.25, -0.2) is 0 Å². The number of rotatable bonds is 5. The van der Waals surface area contributed by atoms with Crippen molar-refractivity contribution in [3.8, 4) is 5.75 Å². The molecule has 7 nitrogen and oxygen atoms in total. The lowest BCUT2D eigenvalue weighted by Gasteiger charge is -2.59. The number of likely N-dealkylation sites (N-methyl/N-ethyl adjacent to an activating group) is 1. The Bertz CT molecular complexity index is 974. The lowest BCUT2D eigenvalue weighted by molar-refractivity contribution is -0.155. The molecule has 34 heavy (non-hydrogen) atoms. The first-order chi connectivity index (χ1) is 16.0. The fourth-order valence-corrected chi connectivity index (χ4v) is 5.86. The molecule has 0 aromatic heterocycles. The number of fused-ring (bicyclic) bond motifs is 1. The van der Waals surface area contributed by atoms with E-state index in [9.17, 15) is 14.7 Å². The highest BCUT2D eigenvalue weighted by atomic mass is 16.5. The largest absolute Gasteiger partial charge is 0.485 e. The molecule has 188 valence electrons. The zero-order chi connectivity index (χ0) is 25.4. The van der Waals surface area contributed by atoms with Crippen molar-refractivity contribution >= 4 is 11.8 Å². The molecular formula is C27H40N2O5. The first-order valence-electron chi connectivity index (χ1n) is 12.4. The van der Waals surface area contributed by atoms with Gasteiger partial charge in [0, 0.05) is 18.0 Å². The first-order valence-corrected chi connectivity index (χ1v) is 12.4. The summed E-state index contributed by atoms with van der Waals surface area (Å²) in [7, 11) is 2.04. The van der Waals surface area contributed by atoms with Crippen LogP contribution in [0.5, 0.6) is 5.75 Å². The van der Waals surface area contributed by atoms with E-state index in [0.29, 0.717) is 6.42 Å². The lowest BCUT2D eigenvalue weighted by atomic mass is 9.53. The van der Waals surface area contributed by atoms with Gasteiger partial charge in [-0.2, -0.15) is 0 Å². The summed E-state index contributed by atoms with van der Waals surface area (Å²) in [6, 6.07) is 5.11. The summed E-state index contributed by atoms with van der Waals surface area (Å²) in [6.07, 6.45) is 1.89. The van der Waals surface area contributed by atoms with Gasteiger partial charge in [0.2, 0.25) is 0 Å². The van der Waals surface area contributed by atoms with Gasteiger partial charge in [0.25, 0.3) is 0 Å². The molecule has 0 bridgehead atoms. The molecule has 0 saturated carbocycles. The molecule has 2 aliphatic heterocycles. The maximum Gasteiger partial charge on any atom is 0.323 e. The fourth-order valence-electron chi connectivity index (χ4n) is 5.86. The highest BCUT2D eigenvalue weighted by Crippen LogP contribution is 2.61. The van der Waals surface area contributed by atoms with Crippen molar-refractivity contribution in [1.82, 2.24) is 4.90 Å². The Labute approximate surface area is 203 Å². The number of ether oxygens (including phenoxy) is 2. The molecule has 7 heteroatoms. The summed E-state index contributed by atoms with van der Waals surface area (Å²) in [5, 5.41) is 12.2. The number of likely N-dealkylation sites (tertiary alicyclic amines) is 1. The molecule has 3 aliphatic rings. The number of Topliss-reactive ketones (excluding diaryl/α,β-unsaturated/α-hetero) is 1. The van der Waals surface area contributed by atoms with Crippen LogP contribution in [0.2, 0.25) is 0 Å². The van der Waals surface area contributed by atoms with E-state index in [1.807, 2.05) is 39.1 Å². The molecule has 1 aromatic rings. The first kappa shape index (κ1) is 26.4. The average molecular weight is 473 g/mol. The molecule has 4 rings (SSSR count). The van der Waals surface area contributed by atoms with E-state index < -0.39 is 35.2 Å². The van der Waals surface area contributed by atoms with Gasteiger partial charge in [0.15, 0.2) is 11.9 Å². The number of hydrogen-bond acceptors (Lipinski definition) is 7. The summed E-state index contributed by atoms with van der Waals surface area (Å²) in [4.78, 5) is 27.0. The Hall–Kier alpha value is -2.22. The van der Waals surface area contributed by atoms with Crippen molar-refractivity contribution in [3.63, 3.8) is 0 Å². The number of aryl methyl sites for hydroxylation is 1. The highest BCUT2D eigenvalue weighted by Gasteiger charge is 2.67. The number of ketones is 1. The smallest absolute Gasteiger partial charge is 0.323 e. The van der Waals surface area contributed by atoms with Crippen LogP contribution in [-0.2, 0) is 19.7 Å². The van der Waals surface area contributed by atoms with E-state index in [2.05, 4.69) is 24.8 Å². The second-order valence-electron chi connectivity index (χ2n) is 9.74. The molecule has 1 saturated heterocycles. The number of hydrogen-bond donors (Lipinski definition) is 2. The number of carbonyl (C=O) groups excluding carboxylic acids is 2. The van der Waals surface area contributed by atoms with Gasteiger partial charge in [-0.05, 0) is 71.3 Å². The van der Waals surface area contributed by atoms with Crippen molar-refractivity contribution < 1.29 is 24.2 Å². The Kier molecular flexibility index (Phi) is 7.60. The molecule has 5 unspecified atom stereocenters. The Morgan fingerprint density at radius 3 is 2.65 bits per heavy atom. The zero-order valence-corrected chi connectivity index (χ0v) is 21.6. The van der Waals surface area contributed by atoms with Gasteiger partial charge < -0.3 is 25.2 Å². The molecular weight excluding hydrogens is 432 g/mol. The van der Waals surface area contributed by atoms with Crippen molar-refractivity contribution in [3.05, 3.63) is 41.0 Å². The predicted molar refractivity (Wildman–Crippen MR) is 132 cm³/mol. The molecule has 1 aliphatic carbocycles. The third kappa shape index (κ3) is 3.97. The molecule has 0 radical (unpaired) electrons. The second-order valence-corrected chi connectivity index (χ2v) is 9.74. The van der Waals surface area contributed by atoms with E-state index in [4.69, 9.17) is 15.2 Å². The summed E-state index contributed by atoms with van der Waals surface area (Å²) >= 11 is 0. The maximum absolute atomic E-state index is 13.0. The third-order valence-corrected chi connectivity index (χ3v) is 7.87. The van der Waals surface area contributed by atoms with Crippen LogP contribution in [0.25, 0.3) is 0 Å². The van der Waals surface area contributed by atoms with Crippen LogP contribution in [0.4, 0.5) is 0 Å². The normalized spacial score (nSPS) is 31.4. The zero-order valence-electron chi connectivity index (χ0n) is 21.6. The van der Waals surface area contributed by atoms with Crippen LogP contribution in [0.3, 0.4) is 0 Å². The van der Waals surface area contributed by atoms with E-state index in [1.54, 1.807) is 6.92 Å². The quantitative estimate of drug-likeness (QED) is 0.502. The fraction of sp³-hybridized carbons (Fsp3) is 0.630. The van der Waals surface area contributed by atoms with Gasteiger partial charge >= 0.3 is 5.97 Å². The minimum Gasteiger partial charge on any atom is -0.485 e. The minimum atomic E-state index is -1.03. The van der Waals surface area contributed by atoms with Crippen LogP contribution >= 0.6 is 0 Å². The maximum atomic E-state index is 13.0. The van der Waals surface area contributed by atoms with Gasteiger partial charge in [-0.1, -0.05) is 32.1 Å². The molecule has 1 spiro atoms. The number of aliphatic hydroxyl groups is 1. The van der Waals surface area contributed by atoms with Gasteiger partial charge in [-0.3, -0.25) is 9.59 Å². The number of nitrogens with two attached hydrogens (primary N) is 1. The van der Waals surface area contributed by atoms with Crippen molar-refractivity contribution in [2.24, 2.45) is 5.73 Å². The highest BCUT2D eigenvalue weighted by molar-refractivity contribution is 5.88. The predicted octanol–water partition coefficient (Wildman–Crippen LogP) is 3.04. The van der Waals surface area contributed by atoms with E-state index >= 15 is 0 Å². The standard InChI is InChI=1S/C25H34N2O5.C2H6/c1-14-7-6-8-20-21(14)24-11-12-27(5)17(4)25(24,30)10-9-18(22(24)32-20)13-19(28)16(3)31-23(29)15(2)26;1-2/h6-9,15-17,22,30H,10-13,26H2,1-5H3;1-2H3/t15-,16?,17?,22?,24?,25?;/m0./s1. The second kappa shape index (κ2) is 9.80. The van der Waals surface area contributed by atoms with Crippen LogP contribution < -0.4 is 10.5 Å². The van der Waals surface area contributed by atoms with Gasteiger partial charge in [0.05, 0.1) is 11.0 Å². The summed E-state index contributed by atoms with van der Waals surface area (Å²) < 4.78 is 11.7. The Balaban J connectivity index is 0.00000158. The van der Waals surface area contributed by atoms with Crippen LogP contribution in [0.1, 0.15) is 65.0 Å². The van der Waals surface area contributed by atoms with E-state index in [0.717, 1.165) is 35.4 Å². The van der Waals surface area contributed by atoms with Crippen LogP contribution in [0.15, 0.2) is 29.8 Å². The number of esters is 1. The number of benzene rings is 1. The average Bonchev–Trinajstić information content (AvgIpc) is 3.16. The molecule has 0 amide bonds. The number of piperidine rings is 1. The summed E-state index contributed by atoms with van der Waals surface area (Å²) in [5.41, 5.74) is 6.90.